The van der Waals surface area contributed by atoms with Crippen LogP contribution in [0.5, 0.6) is 0 Å². The van der Waals surface area contributed by atoms with Crippen molar-refractivity contribution in [3.8, 4) is 0 Å². The third-order valence-electron chi connectivity index (χ3n) is 4.74. The highest BCUT2D eigenvalue weighted by atomic mass is 14.9. The van der Waals surface area contributed by atoms with Crippen LogP contribution in [0.2, 0.25) is 0 Å². The Balaban J connectivity index is 1.74. The summed E-state index contributed by atoms with van der Waals surface area (Å²) in [6.45, 7) is 8.51. The molecular formula is C16H29N. The van der Waals surface area contributed by atoms with Crippen molar-refractivity contribution in [1.29, 1.82) is 0 Å². The first-order valence-electron chi connectivity index (χ1n) is 7.45. The lowest BCUT2D eigenvalue weighted by Gasteiger charge is -2.40. The van der Waals surface area contributed by atoms with E-state index < -0.39 is 0 Å². The Labute approximate surface area is 107 Å². The Morgan fingerprint density at radius 1 is 1.24 bits per heavy atom. The van der Waals surface area contributed by atoms with Gasteiger partial charge < -0.3 is 5.32 Å². The lowest BCUT2D eigenvalue weighted by Crippen LogP contribution is -2.43. The van der Waals surface area contributed by atoms with Crippen LogP contribution >= 0.6 is 0 Å². The van der Waals surface area contributed by atoms with Gasteiger partial charge in [-0.2, -0.15) is 0 Å². The second kappa shape index (κ2) is 5.56. The minimum Gasteiger partial charge on any atom is -0.313 e. The van der Waals surface area contributed by atoms with Gasteiger partial charge in [-0.25, -0.2) is 0 Å². The highest BCUT2D eigenvalue weighted by molar-refractivity contribution is 4.92. The average molecular weight is 235 g/mol. The van der Waals surface area contributed by atoms with Crippen molar-refractivity contribution in [1.82, 2.24) is 5.32 Å². The molecule has 1 N–H and O–H groups in total. The number of hydrogen-bond acceptors (Lipinski definition) is 1. The van der Waals surface area contributed by atoms with Gasteiger partial charge in [0.1, 0.15) is 0 Å². The molecule has 3 atom stereocenters. The van der Waals surface area contributed by atoms with Crippen LogP contribution in [0, 0.1) is 17.3 Å². The molecule has 98 valence electrons. The minimum atomic E-state index is 0.575. The van der Waals surface area contributed by atoms with Gasteiger partial charge in [0.15, 0.2) is 0 Å². The molecule has 0 bridgehead atoms. The molecule has 0 amide bonds. The summed E-state index contributed by atoms with van der Waals surface area (Å²) in [6.07, 6.45) is 12.8. The molecule has 0 aromatic heterocycles. The highest BCUT2D eigenvalue weighted by Crippen LogP contribution is 2.38. The molecule has 1 fully saturated rings. The van der Waals surface area contributed by atoms with Crippen molar-refractivity contribution < 1.29 is 0 Å². The zero-order valence-corrected chi connectivity index (χ0v) is 11.8. The fraction of sp³-hybridized carbons (Fsp3) is 0.875. The van der Waals surface area contributed by atoms with Crippen LogP contribution in [0.25, 0.3) is 0 Å². The van der Waals surface area contributed by atoms with Crippen LogP contribution in [-0.2, 0) is 0 Å². The van der Waals surface area contributed by atoms with Crippen LogP contribution in [0.1, 0.15) is 59.3 Å². The van der Waals surface area contributed by atoms with Gasteiger partial charge in [-0.05, 0) is 62.3 Å². The summed E-state index contributed by atoms with van der Waals surface area (Å²) in [4.78, 5) is 0. The van der Waals surface area contributed by atoms with Crippen LogP contribution in [0.15, 0.2) is 12.2 Å². The Morgan fingerprint density at radius 3 is 2.71 bits per heavy atom. The molecular weight excluding hydrogens is 206 g/mol. The second-order valence-corrected chi connectivity index (χ2v) is 7.05. The number of rotatable bonds is 3. The van der Waals surface area contributed by atoms with E-state index in [1.165, 1.54) is 45.1 Å². The molecule has 1 saturated carbocycles. The Morgan fingerprint density at radius 2 is 2.06 bits per heavy atom. The molecule has 2 aliphatic carbocycles. The predicted molar refractivity (Wildman–Crippen MR) is 75.1 cm³/mol. The van der Waals surface area contributed by atoms with Crippen molar-refractivity contribution in [3.05, 3.63) is 12.2 Å². The SMILES string of the molecule is CC1CC(C)(C)CCC1NCC1CC=CCC1. The minimum absolute atomic E-state index is 0.575. The van der Waals surface area contributed by atoms with E-state index in [-0.39, 0.29) is 0 Å². The quantitative estimate of drug-likeness (QED) is 0.725. The molecule has 0 spiro atoms. The molecule has 0 aromatic carbocycles. The summed E-state index contributed by atoms with van der Waals surface area (Å²) in [7, 11) is 0. The largest absolute Gasteiger partial charge is 0.313 e. The maximum Gasteiger partial charge on any atom is 0.00932 e. The third-order valence-corrected chi connectivity index (χ3v) is 4.74. The van der Waals surface area contributed by atoms with E-state index in [4.69, 9.17) is 0 Å². The molecule has 0 aromatic rings. The lowest BCUT2D eigenvalue weighted by molar-refractivity contribution is 0.145. The zero-order valence-electron chi connectivity index (χ0n) is 11.8. The van der Waals surface area contributed by atoms with Gasteiger partial charge in [-0.1, -0.05) is 32.9 Å². The topological polar surface area (TPSA) is 12.0 Å². The number of allylic oxidation sites excluding steroid dienone is 2. The molecule has 0 radical (unpaired) electrons. The van der Waals surface area contributed by atoms with E-state index in [1.54, 1.807) is 0 Å². The van der Waals surface area contributed by atoms with E-state index >= 15 is 0 Å². The van der Waals surface area contributed by atoms with Gasteiger partial charge in [-0.15, -0.1) is 0 Å². The Kier molecular flexibility index (Phi) is 4.30. The first-order chi connectivity index (χ1) is 8.07. The summed E-state index contributed by atoms with van der Waals surface area (Å²) >= 11 is 0. The van der Waals surface area contributed by atoms with Crippen molar-refractivity contribution >= 4 is 0 Å². The van der Waals surface area contributed by atoms with Crippen LogP contribution in [0.3, 0.4) is 0 Å². The summed E-state index contributed by atoms with van der Waals surface area (Å²) in [6, 6.07) is 0.772. The molecule has 0 aliphatic heterocycles. The highest BCUT2D eigenvalue weighted by Gasteiger charge is 2.32. The molecule has 2 aliphatic rings. The smallest absolute Gasteiger partial charge is 0.00932 e. The predicted octanol–water partition coefficient (Wildman–Crippen LogP) is 4.15. The number of hydrogen-bond donors (Lipinski definition) is 1. The molecule has 0 saturated heterocycles. The lowest BCUT2D eigenvalue weighted by atomic mass is 9.70. The maximum atomic E-state index is 3.84. The summed E-state index contributed by atoms with van der Waals surface area (Å²) < 4.78 is 0. The van der Waals surface area contributed by atoms with Crippen LogP contribution < -0.4 is 5.32 Å². The van der Waals surface area contributed by atoms with Gasteiger partial charge in [0, 0.05) is 6.04 Å². The van der Waals surface area contributed by atoms with Crippen molar-refractivity contribution in [2.45, 2.75) is 65.3 Å². The maximum absolute atomic E-state index is 3.84. The van der Waals surface area contributed by atoms with Gasteiger partial charge >= 0.3 is 0 Å². The van der Waals surface area contributed by atoms with Crippen molar-refractivity contribution in [2.24, 2.45) is 17.3 Å². The fourth-order valence-electron chi connectivity index (χ4n) is 3.61. The second-order valence-electron chi connectivity index (χ2n) is 7.05. The van der Waals surface area contributed by atoms with Gasteiger partial charge in [0.25, 0.3) is 0 Å². The van der Waals surface area contributed by atoms with Crippen LogP contribution in [0.4, 0.5) is 0 Å². The first kappa shape index (κ1) is 13.1. The summed E-state index contributed by atoms with van der Waals surface area (Å²) in [5.74, 6) is 1.74. The van der Waals surface area contributed by atoms with E-state index in [2.05, 4.69) is 38.2 Å². The molecule has 1 heteroatoms. The summed E-state index contributed by atoms with van der Waals surface area (Å²) in [5.41, 5.74) is 0.575. The van der Waals surface area contributed by atoms with E-state index in [9.17, 15) is 0 Å². The van der Waals surface area contributed by atoms with Gasteiger partial charge in [0.05, 0.1) is 0 Å². The third kappa shape index (κ3) is 3.84. The van der Waals surface area contributed by atoms with Gasteiger partial charge in [-0.3, -0.25) is 0 Å². The zero-order chi connectivity index (χ0) is 12.3. The number of nitrogens with one attached hydrogen (secondary N) is 1. The first-order valence-corrected chi connectivity index (χ1v) is 7.45. The van der Waals surface area contributed by atoms with Crippen LogP contribution in [-0.4, -0.2) is 12.6 Å². The molecule has 3 unspecified atom stereocenters. The van der Waals surface area contributed by atoms with Crippen molar-refractivity contribution in [3.63, 3.8) is 0 Å². The Hall–Kier alpha value is -0.300. The molecule has 17 heavy (non-hydrogen) atoms. The fourth-order valence-corrected chi connectivity index (χ4v) is 3.61. The average Bonchev–Trinajstić information content (AvgIpc) is 2.28. The van der Waals surface area contributed by atoms with Gasteiger partial charge in [0.2, 0.25) is 0 Å². The van der Waals surface area contributed by atoms with Crippen molar-refractivity contribution in [2.75, 3.05) is 6.54 Å². The Bertz CT molecular complexity index is 267. The van der Waals surface area contributed by atoms with E-state index in [1.807, 2.05) is 0 Å². The standard InChI is InChI=1S/C16H29N/c1-13-11-16(2,3)10-9-15(13)17-12-14-7-5-4-6-8-14/h4-5,13-15,17H,6-12H2,1-3H3. The van der Waals surface area contributed by atoms with E-state index in [0.717, 1.165) is 17.9 Å². The molecule has 1 nitrogen and oxygen atoms in total. The van der Waals surface area contributed by atoms with E-state index in [0.29, 0.717) is 5.41 Å². The normalized spacial score (nSPS) is 37.0. The molecule has 0 heterocycles. The summed E-state index contributed by atoms with van der Waals surface area (Å²) in [5, 5.41) is 3.84. The monoisotopic (exact) mass is 235 g/mol. The molecule has 2 rings (SSSR count).